The van der Waals surface area contributed by atoms with Crippen LogP contribution in [0.25, 0.3) is 0 Å². The van der Waals surface area contributed by atoms with Crippen molar-refractivity contribution in [1.82, 2.24) is 9.97 Å². The lowest BCUT2D eigenvalue weighted by molar-refractivity contribution is 0.412. The van der Waals surface area contributed by atoms with Crippen LogP contribution >= 0.6 is 15.9 Å². The van der Waals surface area contributed by atoms with Gasteiger partial charge in [0, 0.05) is 12.2 Å². The highest BCUT2D eigenvalue weighted by Crippen LogP contribution is 2.28. The number of rotatable bonds is 5. The molecule has 0 atom stereocenters. The third-order valence-electron chi connectivity index (χ3n) is 2.42. The third kappa shape index (κ3) is 3.57. The number of hydrogen-bond acceptors (Lipinski definition) is 5. The van der Waals surface area contributed by atoms with Crippen LogP contribution in [0.4, 0.5) is 17.3 Å². The van der Waals surface area contributed by atoms with Crippen molar-refractivity contribution in [1.29, 1.82) is 0 Å². The summed E-state index contributed by atoms with van der Waals surface area (Å²) in [5.74, 6) is 2.23. The summed E-state index contributed by atoms with van der Waals surface area (Å²) < 4.78 is 6.07. The molecule has 0 aliphatic heterocycles. The molecule has 0 fully saturated rings. The molecule has 1 aromatic heterocycles. The molecule has 0 saturated carbocycles. The number of aromatic nitrogens is 2. The van der Waals surface area contributed by atoms with Crippen molar-refractivity contribution in [3.05, 3.63) is 35.1 Å². The minimum Gasteiger partial charge on any atom is -0.496 e. The van der Waals surface area contributed by atoms with Gasteiger partial charge in [0.1, 0.15) is 11.6 Å². The summed E-state index contributed by atoms with van der Waals surface area (Å²) in [6, 6.07) is 5.74. The average Bonchev–Trinajstić information content (AvgIpc) is 2.40. The van der Waals surface area contributed by atoms with Crippen molar-refractivity contribution in [3.63, 3.8) is 0 Å². The summed E-state index contributed by atoms with van der Waals surface area (Å²) in [5, 5.41) is 6.32. The molecule has 6 heteroatoms. The van der Waals surface area contributed by atoms with Crippen LogP contribution in [0.15, 0.2) is 35.1 Å². The molecule has 0 bridgehead atoms. The van der Waals surface area contributed by atoms with Gasteiger partial charge in [0.2, 0.25) is 0 Å². The molecule has 1 heterocycles. The van der Waals surface area contributed by atoms with Gasteiger partial charge in [-0.15, -0.1) is 0 Å². The third-order valence-corrected chi connectivity index (χ3v) is 3.04. The Balaban J connectivity index is 2.16. The van der Waals surface area contributed by atoms with Crippen molar-refractivity contribution in [2.75, 3.05) is 24.3 Å². The minimum absolute atomic E-state index is 0.690. The topological polar surface area (TPSA) is 59.1 Å². The number of nitrogens with one attached hydrogen (secondary N) is 2. The normalized spacial score (nSPS) is 10.1. The second-order valence-corrected chi connectivity index (χ2v) is 4.65. The van der Waals surface area contributed by atoms with E-state index in [4.69, 9.17) is 4.74 Å². The summed E-state index contributed by atoms with van der Waals surface area (Å²) in [6.45, 7) is 2.83. The lowest BCUT2D eigenvalue weighted by Gasteiger charge is -2.09. The van der Waals surface area contributed by atoms with Crippen molar-refractivity contribution >= 4 is 33.3 Å². The van der Waals surface area contributed by atoms with Crippen LogP contribution in [0.5, 0.6) is 5.75 Å². The minimum atomic E-state index is 0.690. The Hall–Kier alpha value is -1.82. The van der Waals surface area contributed by atoms with Gasteiger partial charge in [0.25, 0.3) is 0 Å². The first-order valence-electron chi connectivity index (χ1n) is 5.89. The van der Waals surface area contributed by atoms with E-state index in [9.17, 15) is 0 Å². The smallest absolute Gasteiger partial charge is 0.151 e. The monoisotopic (exact) mass is 322 g/mol. The van der Waals surface area contributed by atoms with Gasteiger partial charge in [-0.1, -0.05) is 0 Å². The molecule has 0 spiro atoms. The Morgan fingerprint density at radius 2 is 2.05 bits per heavy atom. The van der Waals surface area contributed by atoms with E-state index in [1.165, 1.54) is 0 Å². The fourth-order valence-corrected chi connectivity index (χ4v) is 2.13. The van der Waals surface area contributed by atoms with E-state index in [1.807, 2.05) is 25.1 Å². The molecule has 0 amide bonds. The maximum atomic E-state index is 5.19. The zero-order chi connectivity index (χ0) is 13.7. The zero-order valence-corrected chi connectivity index (χ0v) is 12.4. The van der Waals surface area contributed by atoms with Crippen LogP contribution in [-0.4, -0.2) is 23.6 Å². The average molecular weight is 323 g/mol. The fraction of sp³-hybridized carbons (Fsp3) is 0.231. The van der Waals surface area contributed by atoms with Crippen LogP contribution in [-0.2, 0) is 0 Å². The predicted molar refractivity (Wildman–Crippen MR) is 80.2 cm³/mol. The number of ether oxygens (including phenoxy) is 1. The number of nitrogens with zero attached hydrogens (tertiary/aromatic N) is 2. The van der Waals surface area contributed by atoms with E-state index >= 15 is 0 Å². The molecule has 100 valence electrons. The van der Waals surface area contributed by atoms with Gasteiger partial charge < -0.3 is 15.4 Å². The molecule has 1 aromatic carbocycles. The summed E-state index contributed by atoms with van der Waals surface area (Å²) in [6.07, 6.45) is 3.37. The van der Waals surface area contributed by atoms with Gasteiger partial charge >= 0.3 is 0 Å². The predicted octanol–water partition coefficient (Wildman–Crippen LogP) is 3.42. The Labute approximate surface area is 120 Å². The van der Waals surface area contributed by atoms with Gasteiger partial charge in [-0.3, -0.25) is 4.98 Å². The molecular formula is C13H15BrN4O. The Morgan fingerprint density at radius 3 is 2.74 bits per heavy atom. The number of hydrogen-bond donors (Lipinski definition) is 2. The Bertz CT molecular complexity index is 562. The number of halogens is 1. The highest BCUT2D eigenvalue weighted by Gasteiger charge is 2.03. The largest absolute Gasteiger partial charge is 0.496 e. The fourth-order valence-electron chi connectivity index (χ4n) is 1.58. The first-order chi connectivity index (χ1) is 9.22. The number of benzene rings is 1. The molecule has 0 saturated heterocycles. The van der Waals surface area contributed by atoms with Crippen molar-refractivity contribution < 1.29 is 4.74 Å². The SMILES string of the molecule is CCNc1cncc(Nc2ccc(OC)c(Br)c2)n1. The molecule has 0 aliphatic carbocycles. The summed E-state index contributed by atoms with van der Waals surface area (Å²) >= 11 is 3.45. The van der Waals surface area contributed by atoms with Crippen molar-refractivity contribution in [2.24, 2.45) is 0 Å². The molecule has 2 rings (SSSR count). The number of methoxy groups -OCH3 is 1. The molecular weight excluding hydrogens is 308 g/mol. The lowest BCUT2D eigenvalue weighted by atomic mass is 10.3. The first kappa shape index (κ1) is 13.6. The van der Waals surface area contributed by atoms with E-state index in [1.54, 1.807) is 19.5 Å². The van der Waals surface area contributed by atoms with Crippen LogP contribution in [0.1, 0.15) is 6.92 Å². The van der Waals surface area contributed by atoms with E-state index in [0.717, 1.165) is 28.3 Å². The van der Waals surface area contributed by atoms with E-state index in [0.29, 0.717) is 5.82 Å². The lowest BCUT2D eigenvalue weighted by Crippen LogP contribution is -2.02. The van der Waals surface area contributed by atoms with Gasteiger partial charge in [0.15, 0.2) is 5.82 Å². The van der Waals surface area contributed by atoms with Gasteiger partial charge in [-0.05, 0) is 41.1 Å². The van der Waals surface area contributed by atoms with Gasteiger partial charge in [-0.2, -0.15) is 0 Å². The van der Waals surface area contributed by atoms with Gasteiger partial charge in [0.05, 0.1) is 24.0 Å². The second-order valence-electron chi connectivity index (χ2n) is 3.79. The molecule has 2 aromatic rings. The first-order valence-corrected chi connectivity index (χ1v) is 6.68. The van der Waals surface area contributed by atoms with E-state index in [-0.39, 0.29) is 0 Å². The van der Waals surface area contributed by atoms with Crippen molar-refractivity contribution in [3.8, 4) is 5.75 Å². The summed E-state index contributed by atoms with van der Waals surface area (Å²) in [4.78, 5) is 8.53. The van der Waals surface area contributed by atoms with Gasteiger partial charge in [-0.25, -0.2) is 4.98 Å². The second kappa shape index (κ2) is 6.38. The maximum Gasteiger partial charge on any atom is 0.151 e. The molecule has 0 unspecified atom stereocenters. The van der Waals surface area contributed by atoms with Crippen LogP contribution in [0.2, 0.25) is 0 Å². The quantitative estimate of drug-likeness (QED) is 0.883. The summed E-state index contributed by atoms with van der Waals surface area (Å²) in [7, 11) is 1.64. The zero-order valence-electron chi connectivity index (χ0n) is 10.8. The summed E-state index contributed by atoms with van der Waals surface area (Å²) in [5.41, 5.74) is 0.913. The highest BCUT2D eigenvalue weighted by atomic mass is 79.9. The van der Waals surface area contributed by atoms with Crippen LogP contribution < -0.4 is 15.4 Å². The van der Waals surface area contributed by atoms with E-state index in [2.05, 4.69) is 36.5 Å². The van der Waals surface area contributed by atoms with Crippen LogP contribution in [0.3, 0.4) is 0 Å². The molecule has 0 radical (unpaired) electrons. The Morgan fingerprint density at radius 1 is 1.26 bits per heavy atom. The maximum absolute atomic E-state index is 5.19. The molecule has 2 N–H and O–H groups in total. The van der Waals surface area contributed by atoms with Crippen molar-refractivity contribution in [2.45, 2.75) is 6.92 Å². The standard InChI is InChI=1S/C13H15BrN4O/c1-3-16-12-7-15-8-13(18-12)17-9-4-5-11(19-2)10(14)6-9/h4-8H,3H2,1-2H3,(H2,16,17,18). The molecule has 19 heavy (non-hydrogen) atoms. The Kier molecular flexibility index (Phi) is 4.57. The van der Waals surface area contributed by atoms with Crippen LogP contribution in [0, 0.1) is 0 Å². The van der Waals surface area contributed by atoms with E-state index < -0.39 is 0 Å². The molecule has 0 aliphatic rings. The number of anilines is 3. The highest BCUT2D eigenvalue weighted by molar-refractivity contribution is 9.10. The molecule has 5 nitrogen and oxygen atoms in total.